The Bertz CT molecular complexity index is 484. The Hall–Kier alpha value is -2.31. The molecular formula is C10H14N6O. The van der Waals surface area contributed by atoms with Gasteiger partial charge in [0.05, 0.1) is 19.3 Å². The molecule has 2 heterocycles. The fourth-order valence-electron chi connectivity index (χ4n) is 1.44. The lowest BCUT2D eigenvalue weighted by Crippen LogP contribution is -2.10. The number of aromatic nitrogens is 4. The van der Waals surface area contributed by atoms with E-state index in [1.54, 1.807) is 6.20 Å². The predicted molar refractivity (Wildman–Crippen MR) is 63.6 cm³/mol. The van der Waals surface area contributed by atoms with E-state index in [-0.39, 0.29) is 6.04 Å². The first-order valence-electron chi connectivity index (χ1n) is 5.12. The van der Waals surface area contributed by atoms with Gasteiger partial charge in [0.15, 0.2) is 5.82 Å². The molecule has 0 fully saturated rings. The average molecular weight is 234 g/mol. The highest BCUT2D eigenvalue weighted by Gasteiger charge is 2.12. The van der Waals surface area contributed by atoms with Gasteiger partial charge in [-0.3, -0.25) is 5.10 Å². The molecule has 0 spiro atoms. The van der Waals surface area contributed by atoms with Gasteiger partial charge in [0.1, 0.15) is 12.0 Å². The normalized spacial score (nSPS) is 12.1. The Balaban J connectivity index is 2.19. The quantitative estimate of drug-likeness (QED) is 0.728. The monoisotopic (exact) mass is 234 g/mol. The first-order chi connectivity index (χ1) is 8.22. The molecule has 0 aromatic carbocycles. The van der Waals surface area contributed by atoms with Crippen molar-refractivity contribution in [3.63, 3.8) is 0 Å². The molecule has 7 heteroatoms. The average Bonchev–Trinajstić information content (AvgIpc) is 2.85. The Kier molecular flexibility index (Phi) is 3.08. The van der Waals surface area contributed by atoms with Gasteiger partial charge in [-0.2, -0.15) is 10.1 Å². The summed E-state index contributed by atoms with van der Waals surface area (Å²) in [6, 6.07) is 0.0376. The molecular weight excluding hydrogens is 220 g/mol. The molecule has 2 aromatic rings. The zero-order valence-corrected chi connectivity index (χ0v) is 9.64. The number of nitrogen functional groups attached to an aromatic ring is 1. The van der Waals surface area contributed by atoms with E-state index in [0.29, 0.717) is 17.4 Å². The van der Waals surface area contributed by atoms with Gasteiger partial charge < -0.3 is 15.8 Å². The van der Waals surface area contributed by atoms with Crippen LogP contribution in [0.25, 0.3) is 0 Å². The first-order valence-corrected chi connectivity index (χ1v) is 5.12. The second-order valence-electron chi connectivity index (χ2n) is 3.54. The third kappa shape index (κ3) is 2.27. The maximum Gasteiger partial charge on any atom is 0.242 e. The molecule has 1 atom stereocenters. The molecule has 7 nitrogen and oxygen atoms in total. The van der Waals surface area contributed by atoms with Crippen molar-refractivity contribution >= 4 is 11.5 Å². The van der Waals surface area contributed by atoms with Gasteiger partial charge in [-0.25, -0.2) is 4.98 Å². The molecule has 0 aliphatic rings. The molecule has 1 unspecified atom stereocenters. The number of aromatic amines is 1. The molecule has 17 heavy (non-hydrogen) atoms. The number of nitrogens with one attached hydrogen (secondary N) is 2. The molecule has 2 aromatic heterocycles. The number of nitrogens with zero attached hydrogens (tertiary/aromatic N) is 3. The molecule has 0 radical (unpaired) electrons. The summed E-state index contributed by atoms with van der Waals surface area (Å²) in [6.45, 7) is 1.98. The topological polar surface area (TPSA) is 102 Å². The van der Waals surface area contributed by atoms with E-state index in [0.717, 1.165) is 5.56 Å². The Morgan fingerprint density at radius 3 is 2.94 bits per heavy atom. The fraction of sp³-hybridized carbons (Fsp3) is 0.300. The number of hydrogen-bond acceptors (Lipinski definition) is 6. The van der Waals surface area contributed by atoms with Gasteiger partial charge >= 0.3 is 0 Å². The SMILES string of the molecule is COc1ncnc(NC(C)c2cn[nH]c2)c1N. The van der Waals surface area contributed by atoms with Crippen LogP contribution < -0.4 is 15.8 Å². The van der Waals surface area contributed by atoms with Crippen molar-refractivity contribution in [2.24, 2.45) is 0 Å². The smallest absolute Gasteiger partial charge is 0.242 e. The lowest BCUT2D eigenvalue weighted by Gasteiger charge is -2.14. The van der Waals surface area contributed by atoms with Gasteiger partial charge in [-0.05, 0) is 6.92 Å². The summed E-state index contributed by atoms with van der Waals surface area (Å²) in [4.78, 5) is 7.99. The molecule has 0 amide bonds. The van der Waals surface area contributed by atoms with Crippen LogP contribution >= 0.6 is 0 Å². The second-order valence-corrected chi connectivity index (χ2v) is 3.54. The summed E-state index contributed by atoms with van der Waals surface area (Å²) in [5.74, 6) is 0.910. The number of methoxy groups -OCH3 is 1. The lowest BCUT2D eigenvalue weighted by atomic mass is 10.2. The van der Waals surface area contributed by atoms with Crippen LogP contribution in [-0.2, 0) is 0 Å². The Labute approximate surface area is 98.4 Å². The lowest BCUT2D eigenvalue weighted by molar-refractivity contribution is 0.399. The molecule has 2 rings (SSSR count). The zero-order chi connectivity index (χ0) is 12.3. The van der Waals surface area contributed by atoms with Crippen LogP contribution in [0.2, 0.25) is 0 Å². The van der Waals surface area contributed by atoms with E-state index in [9.17, 15) is 0 Å². The van der Waals surface area contributed by atoms with Crippen molar-refractivity contribution in [2.75, 3.05) is 18.2 Å². The Morgan fingerprint density at radius 1 is 1.47 bits per heavy atom. The van der Waals surface area contributed by atoms with Crippen LogP contribution in [0.1, 0.15) is 18.5 Å². The molecule has 0 aliphatic heterocycles. The van der Waals surface area contributed by atoms with Crippen molar-refractivity contribution in [1.82, 2.24) is 20.2 Å². The molecule has 0 saturated heterocycles. The number of H-pyrrole nitrogens is 1. The predicted octanol–water partition coefficient (Wildman–Crippen LogP) is 0.964. The van der Waals surface area contributed by atoms with Crippen molar-refractivity contribution in [2.45, 2.75) is 13.0 Å². The highest BCUT2D eigenvalue weighted by molar-refractivity contribution is 5.66. The zero-order valence-electron chi connectivity index (χ0n) is 9.64. The third-order valence-corrected chi connectivity index (χ3v) is 2.41. The summed E-state index contributed by atoms with van der Waals surface area (Å²) >= 11 is 0. The van der Waals surface area contributed by atoms with Crippen LogP contribution in [0.5, 0.6) is 5.88 Å². The number of nitrogens with two attached hydrogens (primary N) is 1. The summed E-state index contributed by atoms with van der Waals surface area (Å²) in [5, 5.41) is 9.81. The van der Waals surface area contributed by atoms with Crippen molar-refractivity contribution in [1.29, 1.82) is 0 Å². The number of hydrogen-bond donors (Lipinski definition) is 3. The number of rotatable bonds is 4. The first kappa shape index (κ1) is 11.2. The summed E-state index contributed by atoms with van der Waals surface area (Å²) in [7, 11) is 1.52. The van der Waals surface area contributed by atoms with Crippen molar-refractivity contribution in [3.05, 3.63) is 24.3 Å². The van der Waals surface area contributed by atoms with Crippen molar-refractivity contribution < 1.29 is 4.74 Å². The fourth-order valence-corrected chi connectivity index (χ4v) is 1.44. The molecule has 0 saturated carbocycles. The van der Waals surface area contributed by atoms with Gasteiger partial charge in [-0.1, -0.05) is 0 Å². The Morgan fingerprint density at radius 2 is 2.29 bits per heavy atom. The minimum atomic E-state index is 0.0376. The van der Waals surface area contributed by atoms with Gasteiger partial charge in [0, 0.05) is 11.8 Å². The molecule has 90 valence electrons. The number of ether oxygens (including phenoxy) is 1. The summed E-state index contributed by atoms with van der Waals surface area (Å²) in [5.41, 5.74) is 7.27. The standard InChI is InChI=1S/C10H14N6O/c1-6(7-3-14-15-4-7)16-9-8(11)10(17-2)13-5-12-9/h3-6H,11H2,1-2H3,(H,14,15)(H,12,13,16). The van der Waals surface area contributed by atoms with Crippen LogP contribution in [0.15, 0.2) is 18.7 Å². The minimum Gasteiger partial charge on any atom is -0.479 e. The molecule has 0 aliphatic carbocycles. The van der Waals surface area contributed by atoms with Gasteiger partial charge in [0.25, 0.3) is 0 Å². The molecule has 0 bridgehead atoms. The van der Waals surface area contributed by atoms with Crippen molar-refractivity contribution in [3.8, 4) is 5.88 Å². The number of anilines is 2. The van der Waals surface area contributed by atoms with E-state index in [4.69, 9.17) is 10.5 Å². The second kappa shape index (κ2) is 4.69. The van der Waals surface area contributed by atoms with Gasteiger partial charge in [0.2, 0.25) is 5.88 Å². The largest absolute Gasteiger partial charge is 0.479 e. The molecule has 4 N–H and O–H groups in total. The van der Waals surface area contributed by atoms with Crippen LogP contribution in [-0.4, -0.2) is 27.3 Å². The highest BCUT2D eigenvalue weighted by Crippen LogP contribution is 2.27. The van der Waals surface area contributed by atoms with Crippen LogP contribution in [0.4, 0.5) is 11.5 Å². The highest BCUT2D eigenvalue weighted by atomic mass is 16.5. The summed E-state index contributed by atoms with van der Waals surface area (Å²) < 4.78 is 5.02. The van der Waals surface area contributed by atoms with E-state index >= 15 is 0 Å². The van der Waals surface area contributed by atoms with Crippen LogP contribution in [0.3, 0.4) is 0 Å². The maximum atomic E-state index is 5.86. The third-order valence-electron chi connectivity index (χ3n) is 2.41. The van der Waals surface area contributed by atoms with Crippen LogP contribution in [0, 0.1) is 0 Å². The van der Waals surface area contributed by atoms with Gasteiger partial charge in [-0.15, -0.1) is 0 Å². The maximum absolute atomic E-state index is 5.86. The van der Waals surface area contributed by atoms with E-state index < -0.39 is 0 Å². The summed E-state index contributed by atoms with van der Waals surface area (Å²) in [6.07, 6.45) is 4.96. The van der Waals surface area contributed by atoms with E-state index in [2.05, 4.69) is 25.5 Å². The minimum absolute atomic E-state index is 0.0376. The van der Waals surface area contributed by atoms with E-state index in [1.165, 1.54) is 13.4 Å². The van der Waals surface area contributed by atoms with E-state index in [1.807, 2.05) is 13.1 Å².